The first-order chi connectivity index (χ1) is 10.6. The van der Waals surface area contributed by atoms with Crippen LogP contribution in [0.3, 0.4) is 0 Å². The molecule has 5 nitrogen and oxygen atoms in total. The molecule has 0 saturated heterocycles. The van der Waals surface area contributed by atoms with Crippen LogP contribution in [0.1, 0.15) is 25.3 Å². The van der Waals surface area contributed by atoms with Crippen molar-refractivity contribution in [1.82, 2.24) is 0 Å². The van der Waals surface area contributed by atoms with Gasteiger partial charge in [-0.2, -0.15) is 0 Å². The Kier molecular flexibility index (Phi) is 7.49. The van der Waals surface area contributed by atoms with Gasteiger partial charge in [-0.15, -0.1) is 0 Å². The lowest BCUT2D eigenvalue weighted by atomic mass is 10.2. The third-order valence-electron chi connectivity index (χ3n) is 3.07. The molecule has 0 fully saturated rings. The molecule has 0 aromatic heterocycles. The molecule has 23 heavy (non-hydrogen) atoms. The molecule has 0 aliphatic rings. The Bertz CT molecular complexity index is 518. The van der Waals surface area contributed by atoms with E-state index in [1.165, 1.54) is 0 Å². The fraction of sp³-hybridized carbons (Fsp3) is 0.625. The zero-order valence-electron chi connectivity index (χ0n) is 15.3. The van der Waals surface area contributed by atoms with E-state index in [4.69, 9.17) is 13.5 Å². The summed E-state index contributed by atoms with van der Waals surface area (Å²) >= 11 is 0. The van der Waals surface area contributed by atoms with Gasteiger partial charge in [-0.1, -0.05) is 12.1 Å². The van der Waals surface area contributed by atoms with Crippen molar-refractivity contribution < 1.29 is 18.0 Å². The molecule has 0 radical (unpaired) electrons. The Labute approximate surface area is 141 Å². The zero-order chi connectivity index (χ0) is 17.7. The van der Waals surface area contributed by atoms with Crippen molar-refractivity contribution in [3.05, 3.63) is 29.8 Å². The van der Waals surface area contributed by atoms with Crippen LogP contribution >= 0.6 is 7.60 Å². The van der Waals surface area contributed by atoms with Gasteiger partial charge in [0, 0.05) is 19.8 Å². The Hall–Kier alpha value is -0.653. The molecule has 1 aromatic carbocycles. The van der Waals surface area contributed by atoms with Crippen molar-refractivity contribution in [3.63, 3.8) is 0 Å². The number of nitrogens with zero attached hydrogens (tertiary/aromatic N) is 1. The van der Waals surface area contributed by atoms with Gasteiger partial charge in [-0.3, -0.25) is 4.57 Å². The highest BCUT2D eigenvalue weighted by Crippen LogP contribution is 2.62. The minimum atomic E-state index is -3.39. The normalized spacial score (nSPS) is 13.9. The second-order valence-corrected chi connectivity index (χ2v) is 13.0. The smallest absolute Gasteiger partial charge is 0.362 e. The van der Waals surface area contributed by atoms with E-state index < -0.39 is 21.8 Å². The van der Waals surface area contributed by atoms with Crippen LogP contribution in [-0.4, -0.2) is 35.6 Å². The largest absolute Gasteiger partial charge is 0.400 e. The van der Waals surface area contributed by atoms with E-state index in [0.717, 1.165) is 11.3 Å². The lowest BCUT2D eigenvalue weighted by molar-refractivity contribution is 0.158. The summed E-state index contributed by atoms with van der Waals surface area (Å²) in [6.07, 6.45) is 0. The topological polar surface area (TPSA) is 48.0 Å². The molecule has 0 amide bonds. The maximum atomic E-state index is 13.3. The SMILES string of the molecule is CCOP(=O)(OCC)C(O[Si](C)(C)C)c1ccc(N(C)C)cc1. The summed E-state index contributed by atoms with van der Waals surface area (Å²) in [4.78, 5) is 2.02. The predicted octanol–water partition coefficient (Wildman–Crippen LogP) is 4.87. The number of rotatable bonds is 9. The molecular formula is C16H30NO4PSi. The van der Waals surface area contributed by atoms with E-state index in [-0.39, 0.29) is 0 Å². The van der Waals surface area contributed by atoms with Gasteiger partial charge >= 0.3 is 7.60 Å². The summed E-state index contributed by atoms with van der Waals surface area (Å²) in [6, 6.07) is 7.84. The molecule has 0 aliphatic carbocycles. The highest BCUT2D eigenvalue weighted by Gasteiger charge is 2.40. The lowest BCUT2D eigenvalue weighted by Gasteiger charge is -2.32. The van der Waals surface area contributed by atoms with Crippen LogP contribution in [0.15, 0.2) is 24.3 Å². The molecule has 0 bridgehead atoms. The predicted molar refractivity (Wildman–Crippen MR) is 98.8 cm³/mol. The van der Waals surface area contributed by atoms with Crippen molar-refractivity contribution in [2.75, 3.05) is 32.2 Å². The van der Waals surface area contributed by atoms with Crippen molar-refractivity contribution in [2.24, 2.45) is 0 Å². The maximum Gasteiger partial charge on any atom is 0.362 e. The molecule has 1 aromatic rings. The summed E-state index contributed by atoms with van der Waals surface area (Å²) in [5.74, 6) is -0.690. The Morgan fingerprint density at radius 2 is 1.52 bits per heavy atom. The monoisotopic (exact) mass is 359 g/mol. The average molecular weight is 359 g/mol. The van der Waals surface area contributed by atoms with E-state index in [0.29, 0.717) is 13.2 Å². The fourth-order valence-electron chi connectivity index (χ4n) is 2.12. The minimum absolute atomic E-state index is 0.318. The quantitative estimate of drug-likeness (QED) is 0.465. The van der Waals surface area contributed by atoms with Gasteiger partial charge in [0.25, 0.3) is 0 Å². The molecule has 7 heteroatoms. The molecule has 1 atom stereocenters. The highest BCUT2D eigenvalue weighted by molar-refractivity contribution is 7.54. The zero-order valence-corrected chi connectivity index (χ0v) is 17.2. The van der Waals surface area contributed by atoms with Crippen LogP contribution in [0.4, 0.5) is 5.69 Å². The standard InChI is InChI=1S/C16H30NO4PSi/c1-8-19-22(18,20-9-2)16(21-23(5,6)7)14-10-12-15(13-11-14)17(3)4/h10-13,16H,8-9H2,1-7H3. The van der Waals surface area contributed by atoms with Crippen LogP contribution in [0, 0.1) is 0 Å². The summed E-state index contributed by atoms with van der Waals surface area (Å²) in [5.41, 5.74) is 1.89. The molecule has 0 heterocycles. The van der Waals surface area contributed by atoms with Crippen molar-refractivity contribution >= 4 is 21.6 Å². The number of benzene rings is 1. The summed E-state index contributed by atoms with van der Waals surface area (Å²) in [6.45, 7) is 10.5. The Morgan fingerprint density at radius 1 is 1.04 bits per heavy atom. The summed E-state index contributed by atoms with van der Waals surface area (Å²) < 4.78 is 30.5. The van der Waals surface area contributed by atoms with E-state index in [9.17, 15) is 4.57 Å². The number of hydrogen-bond donors (Lipinski definition) is 0. The molecule has 0 N–H and O–H groups in total. The van der Waals surface area contributed by atoms with Gasteiger partial charge in [-0.05, 0) is 51.2 Å². The van der Waals surface area contributed by atoms with E-state index in [2.05, 4.69) is 19.6 Å². The van der Waals surface area contributed by atoms with Crippen LogP contribution in [-0.2, 0) is 18.0 Å². The van der Waals surface area contributed by atoms with Crippen molar-refractivity contribution in [1.29, 1.82) is 0 Å². The Balaban J connectivity index is 3.25. The van der Waals surface area contributed by atoms with E-state index >= 15 is 0 Å². The molecule has 0 saturated carbocycles. The second-order valence-electron chi connectivity index (χ2n) is 6.44. The van der Waals surface area contributed by atoms with Crippen LogP contribution in [0.5, 0.6) is 0 Å². The molecule has 132 valence electrons. The molecule has 0 spiro atoms. The van der Waals surface area contributed by atoms with E-state index in [1.54, 1.807) is 0 Å². The van der Waals surface area contributed by atoms with Gasteiger partial charge in [0.1, 0.15) is 0 Å². The first-order valence-corrected chi connectivity index (χ1v) is 13.0. The third kappa shape index (κ3) is 6.05. The molecule has 1 unspecified atom stereocenters. The van der Waals surface area contributed by atoms with Gasteiger partial charge in [-0.25, -0.2) is 0 Å². The van der Waals surface area contributed by atoms with Gasteiger partial charge < -0.3 is 18.4 Å². The molecule has 0 aliphatic heterocycles. The summed E-state index contributed by atoms with van der Waals surface area (Å²) in [7, 11) is -1.37. The number of hydrogen-bond acceptors (Lipinski definition) is 5. The summed E-state index contributed by atoms with van der Waals surface area (Å²) in [5, 5.41) is 0. The van der Waals surface area contributed by atoms with Crippen molar-refractivity contribution in [2.45, 2.75) is 39.3 Å². The molecule has 1 rings (SSSR count). The lowest BCUT2D eigenvalue weighted by Crippen LogP contribution is -2.29. The average Bonchev–Trinajstić information content (AvgIpc) is 2.44. The maximum absolute atomic E-state index is 13.3. The first kappa shape index (κ1) is 20.4. The van der Waals surface area contributed by atoms with Crippen LogP contribution in [0.25, 0.3) is 0 Å². The fourth-order valence-corrected chi connectivity index (χ4v) is 5.99. The van der Waals surface area contributed by atoms with Crippen molar-refractivity contribution in [3.8, 4) is 0 Å². The van der Waals surface area contributed by atoms with Crippen LogP contribution < -0.4 is 4.90 Å². The minimum Gasteiger partial charge on any atom is -0.400 e. The van der Waals surface area contributed by atoms with Crippen LogP contribution in [0.2, 0.25) is 19.6 Å². The highest BCUT2D eigenvalue weighted by atomic mass is 31.2. The molecular weight excluding hydrogens is 329 g/mol. The van der Waals surface area contributed by atoms with Gasteiger partial charge in [0.05, 0.1) is 13.2 Å². The first-order valence-electron chi connectivity index (χ1n) is 7.97. The van der Waals surface area contributed by atoms with Gasteiger partial charge in [0.2, 0.25) is 0 Å². The number of anilines is 1. The van der Waals surface area contributed by atoms with E-state index in [1.807, 2.05) is 57.1 Å². The van der Waals surface area contributed by atoms with Gasteiger partial charge in [0.15, 0.2) is 14.2 Å². The Morgan fingerprint density at radius 3 is 1.87 bits per heavy atom. The third-order valence-corrected chi connectivity index (χ3v) is 6.42. The second kappa shape index (κ2) is 8.45.